The molecular weight excluding hydrogens is 335 g/mol. The molecule has 0 aliphatic rings. The molecule has 0 saturated carbocycles. The molecule has 1 aromatic heterocycles. The molecule has 0 amide bonds. The van der Waals surface area contributed by atoms with E-state index in [1.807, 2.05) is 0 Å². The first-order chi connectivity index (χ1) is 10.9. The fraction of sp³-hybridized carbons (Fsp3) is 0.286. The molecule has 0 unspecified atom stereocenters. The zero-order valence-electron chi connectivity index (χ0n) is 12.0. The average molecular weight is 348 g/mol. The second kappa shape index (κ2) is 7.36. The highest BCUT2D eigenvalue weighted by molar-refractivity contribution is 6.29. The van der Waals surface area contributed by atoms with E-state index in [9.17, 15) is 13.2 Å². The third-order valence-electron chi connectivity index (χ3n) is 2.73. The fourth-order valence-corrected chi connectivity index (χ4v) is 1.95. The van der Waals surface area contributed by atoms with Crippen molar-refractivity contribution in [3.63, 3.8) is 0 Å². The van der Waals surface area contributed by atoms with Gasteiger partial charge < -0.3 is 14.8 Å². The molecule has 2 aromatic rings. The number of hydrogen-bond acceptors (Lipinski definition) is 5. The third-order valence-corrected chi connectivity index (χ3v) is 2.93. The average Bonchev–Trinajstić information content (AvgIpc) is 2.47. The lowest BCUT2D eigenvalue weighted by molar-refractivity contribution is -0.274. The van der Waals surface area contributed by atoms with Crippen LogP contribution in [0, 0.1) is 0 Å². The van der Waals surface area contributed by atoms with E-state index in [0.29, 0.717) is 18.8 Å². The Morgan fingerprint density at radius 3 is 2.48 bits per heavy atom. The molecule has 0 radical (unpaired) electrons. The van der Waals surface area contributed by atoms with Crippen LogP contribution in [0.4, 0.5) is 19.0 Å². The van der Waals surface area contributed by atoms with Crippen LogP contribution in [0.5, 0.6) is 11.8 Å². The number of hydrogen-bond donors (Lipinski definition) is 1. The van der Waals surface area contributed by atoms with Gasteiger partial charge in [-0.2, -0.15) is 9.97 Å². The lowest BCUT2D eigenvalue weighted by Gasteiger charge is -2.10. The van der Waals surface area contributed by atoms with E-state index < -0.39 is 6.36 Å². The van der Waals surface area contributed by atoms with Gasteiger partial charge >= 0.3 is 12.4 Å². The van der Waals surface area contributed by atoms with Crippen LogP contribution in [-0.4, -0.2) is 30.0 Å². The van der Waals surface area contributed by atoms with Crippen molar-refractivity contribution in [3.05, 3.63) is 41.0 Å². The summed E-state index contributed by atoms with van der Waals surface area (Å²) in [7, 11) is 1.43. The number of anilines is 1. The minimum absolute atomic E-state index is 0.147. The Kier molecular flexibility index (Phi) is 5.49. The van der Waals surface area contributed by atoms with E-state index in [0.717, 1.165) is 5.56 Å². The molecule has 5 nitrogen and oxygen atoms in total. The SMILES string of the molecule is COc1nc(Cl)cc(NCCc2ccc(OC(F)(F)F)cc2)n1. The molecule has 1 aromatic carbocycles. The van der Waals surface area contributed by atoms with E-state index in [4.69, 9.17) is 16.3 Å². The summed E-state index contributed by atoms with van der Waals surface area (Å²) in [6.07, 6.45) is -4.11. The number of rotatable bonds is 6. The number of alkyl halides is 3. The highest BCUT2D eigenvalue weighted by atomic mass is 35.5. The molecule has 0 bridgehead atoms. The lowest BCUT2D eigenvalue weighted by Crippen LogP contribution is -2.17. The summed E-state index contributed by atoms with van der Waals surface area (Å²) in [5.41, 5.74) is 0.846. The summed E-state index contributed by atoms with van der Waals surface area (Å²) in [6, 6.07) is 7.37. The van der Waals surface area contributed by atoms with Crippen LogP contribution in [0.3, 0.4) is 0 Å². The maximum absolute atomic E-state index is 12.1. The normalized spacial score (nSPS) is 11.2. The van der Waals surface area contributed by atoms with E-state index in [-0.39, 0.29) is 16.9 Å². The zero-order chi connectivity index (χ0) is 16.9. The smallest absolute Gasteiger partial charge is 0.467 e. The van der Waals surface area contributed by atoms with Crippen molar-refractivity contribution in [2.45, 2.75) is 12.8 Å². The lowest BCUT2D eigenvalue weighted by atomic mass is 10.1. The Hall–Kier alpha value is -2.22. The Morgan fingerprint density at radius 1 is 1.17 bits per heavy atom. The van der Waals surface area contributed by atoms with Crippen molar-refractivity contribution in [1.82, 2.24) is 9.97 Å². The molecule has 1 heterocycles. The first kappa shape index (κ1) is 17.1. The molecule has 0 fully saturated rings. The number of halogens is 4. The second-order valence-electron chi connectivity index (χ2n) is 4.43. The van der Waals surface area contributed by atoms with Crippen molar-refractivity contribution in [3.8, 4) is 11.8 Å². The van der Waals surface area contributed by atoms with Gasteiger partial charge in [0, 0.05) is 12.6 Å². The maximum atomic E-state index is 12.1. The second-order valence-corrected chi connectivity index (χ2v) is 4.82. The van der Waals surface area contributed by atoms with Gasteiger partial charge in [-0.15, -0.1) is 13.2 Å². The molecule has 0 aliphatic heterocycles. The van der Waals surface area contributed by atoms with Gasteiger partial charge in [0.05, 0.1) is 7.11 Å². The van der Waals surface area contributed by atoms with Crippen LogP contribution in [-0.2, 0) is 6.42 Å². The molecule has 0 spiro atoms. The third kappa shape index (κ3) is 5.82. The van der Waals surface area contributed by atoms with E-state index in [1.165, 1.54) is 19.2 Å². The predicted molar refractivity (Wildman–Crippen MR) is 78.9 cm³/mol. The van der Waals surface area contributed by atoms with Crippen molar-refractivity contribution < 1.29 is 22.6 Å². The van der Waals surface area contributed by atoms with Crippen LogP contribution in [0.1, 0.15) is 5.56 Å². The van der Waals surface area contributed by atoms with Crippen molar-refractivity contribution >= 4 is 17.4 Å². The largest absolute Gasteiger partial charge is 0.573 e. The minimum Gasteiger partial charge on any atom is -0.467 e. The van der Waals surface area contributed by atoms with Crippen molar-refractivity contribution in [2.24, 2.45) is 0 Å². The van der Waals surface area contributed by atoms with Gasteiger partial charge in [-0.05, 0) is 24.1 Å². The number of nitrogens with one attached hydrogen (secondary N) is 1. The molecular formula is C14H13ClF3N3O2. The summed E-state index contributed by atoms with van der Waals surface area (Å²) < 4.78 is 44.9. The Bertz CT molecular complexity index is 651. The Morgan fingerprint density at radius 2 is 1.87 bits per heavy atom. The topological polar surface area (TPSA) is 56.3 Å². The molecule has 1 N–H and O–H groups in total. The molecule has 124 valence electrons. The predicted octanol–water partition coefficient (Wildman–Crippen LogP) is 3.69. The van der Waals surface area contributed by atoms with Crippen LogP contribution in [0.15, 0.2) is 30.3 Å². The number of benzene rings is 1. The number of nitrogens with zero attached hydrogens (tertiary/aromatic N) is 2. The molecule has 0 atom stereocenters. The first-order valence-corrected chi connectivity index (χ1v) is 6.90. The monoisotopic (exact) mass is 347 g/mol. The van der Waals surface area contributed by atoms with E-state index >= 15 is 0 Å². The number of aromatic nitrogens is 2. The molecule has 0 aliphatic carbocycles. The minimum atomic E-state index is -4.69. The summed E-state index contributed by atoms with van der Waals surface area (Å²) in [6.45, 7) is 0.510. The summed E-state index contributed by atoms with van der Waals surface area (Å²) in [5.74, 6) is 0.250. The molecule has 0 saturated heterocycles. The summed E-state index contributed by atoms with van der Waals surface area (Å²) >= 11 is 5.82. The zero-order valence-corrected chi connectivity index (χ0v) is 12.8. The van der Waals surface area contributed by atoms with Gasteiger partial charge in [0.15, 0.2) is 0 Å². The van der Waals surface area contributed by atoms with Gasteiger partial charge in [-0.1, -0.05) is 23.7 Å². The first-order valence-electron chi connectivity index (χ1n) is 6.53. The molecule has 23 heavy (non-hydrogen) atoms. The molecule has 9 heteroatoms. The van der Waals surface area contributed by atoms with Crippen LogP contribution in [0.2, 0.25) is 5.15 Å². The van der Waals surface area contributed by atoms with Gasteiger partial charge in [0.25, 0.3) is 0 Å². The van der Waals surface area contributed by atoms with Crippen LogP contribution >= 0.6 is 11.6 Å². The van der Waals surface area contributed by atoms with Gasteiger partial charge in [0.1, 0.15) is 16.7 Å². The van der Waals surface area contributed by atoms with Gasteiger partial charge in [0.2, 0.25) is 0 Å². The summed E-state index contributed by atoms with van der Waals surface area (Å²) in [5, 5.41) is 3.28. The number of ether oxygens (including phenoxy) is 2. The molecule has 2 rings (SSSR count). The maximum Gasteiger partial charge on any atom is 0.573 e. The Balaban J connectivity index is 1.88. The van der Waals surface area contributed by atoms with Crippen LogP contribution < -0.4 is 14.8 Å². The number of methoxy groups -OCH3 is 1. The Labute approximate surface area is 135 Å². The fourth-order valence-electron chi connectivity index (χ4n) is 1.77. The van der Waals surface area contributed by atoms with Crippen molar-refractivity contribution in [2.75, 3.05) is 19.0 Å². The van der Waals surface area contributed by atoms with Crippen LogP contribution in [0.25, 0.3) is 0 Å². The summed E-state index contributed by atoms with van der Waals surface area (Å²) in [4.78, 5) is 7.91. The van der Waals surface area contributed by atoms with Gasteiger partial charge in [-0.25, -0.2) is 0 Å². The van der Waals surface area contributed by atoms with Crippen molar-refractivity contribution in [1.29, 1.82) is 0 Å². The standard InChI is InChI=1S/C14H13ClF3N3O2/c1-22-13-20-11(15)8-12(21-13)19-7-6-9-2-4-10(5-3-9)23-14(16,17)18/h2-5,8H,6-7H2,1H3,(H,19,20,21). The van der Waals surface area contributed by atoms with E-state index in [2.05, 4.69) is 20.0 Å². The van der Waals surface area contributed by atoms with Gasteiger partial charge in [-0.3, -0.25) is 0 Å². The quantitative estimate of drug-likeness (QED) is 0.808. The van der Waals surface area contributed by atoms with E-state index in [1.54, 1.807) is 18.2 Å². The highest BCUT2D eigenvalue weighted by Gasteiger charge is 2.30. The highest BCUT2D eigenvalue weighted by Crippen LogP contribution is 2.23.